The molecule has 2 amide bonds. The van der Waals surface area contributed by atoms with Gasteiger partial charge in [-0.1, -0.05) is 29.3 Å². The fourth-order valence-corrected chi connectivity index (χ4v) is 4.79. The molecule has 0 aliphatic carbocycles. The van der Waals surface area contributed by atoms with E-state index in [1.165, 1.54) is 4.90 Å². The zero-order valence-corrected chi connectivity index (χ0v) is 15.4. The third-order valence-electron chi connectivity index (χ3n) is 3.84. The molecule has 6 nitrogen and oxygen atoms in total. The van der Waals surface area contributed by atoms with Gasteiger partial charge in [-0.15, -0.1) is 0 Å². The van der Waals surface area contributed by atoms with Crippen molar-refractivity contribution in [3.63, 3.8) is 0 Å². The lowest BCUT2D eigenvalue weighted by molar-refractivity contribution is -0.137. The van der Waals surface area contributed by atoms with Gasteiger partial charge in [0, 0.05) is 6.54 Å². The average molecular weight is 393 g/mol. The molecule has 132 valence electrons. The number of anilines is 1. The Morgan fingerprint density at radius 1 is 1.29 bits per heavy atom. The number of carbonyl (C=O) groups is 2. The fraction of sp³-hybridized carbons (Fsp3) is 0.467. The standard InChI is InChI=1S/C15H18Cl2N2O4S/c1-2-19(15(21)10-6-7-24(22,23)9-10)8-13(20)18-14-11(16)4-3-5-12(14)17/h3-5,10H,2,6-9H2,1H3,(H,18,20). The van der Waals surface area contributed by atoms with Crippen LogP contribution in [0.1, 0.15) is 13.3 Å². The summed E-state index contributed by atoms with van der Waals surface area (Å²) in [5.41, 5.74) is 0.290. The van der Waals surface area contributed by atoms with Crippen LogP contribution in [0.3, 0.4) is 0 Å². The molecule has 9 heteroatoms. The first-order valence-electron chi connectivity index (χ1n) is 7.46. The number of rotatable bonds is 5. The minimum atomic E-state index is -3.15. The summed E-state index contributed by atoms with van der Waals surface area (Å²) in [5, 5.41) is 3.19. The van der Waals surface area contributed by atoms with Crippen molar-refractivity contribution in [2.45, 2.75) is 13.3 Å². The maximum atomic E-state index is 12.4. The zero-order valence-electron chi connectivity index (χ0n) is 13.1. The summed E-state index contributed by atoms with van der Waals surface area (Å²) in [6.45, 7) is 1.85. The van der Waals surface area contributed by atoms with Crippen LogP contribution >= 0.6 is 23.2 Å². The molecule has 0 spiro atoms. The number of amides is 2. The van der Waals surface area contributed by atoms with Gasteiger partial charge in [-0.25, -0.2) is 8.42 Å². The van der Waals surface area contributed by atoms with Gasteiger partial charge in [-0.2, -0.15) is 0 Å². The van der Waals surface area contributed by atoms with Gasteiger partial charge in [0.2, 0.25) is 11.8 Å². The van der Waals surface area contributed by atoms with Crippen LogP contribution in [0.2, 0.25) is 10.0 Å². The van der Waals surface area contributed by atoms with Crippen molar-refractivity contribution in [2.24, 2.45) is 5.92 Å². The molecule has 2 rings (SSSR count). The first kappa shape index (κ1) is 19.0. The van der Waals surface area contributed by atoms with Crippen LogP contribution in [0, 0.1) is 5.92 Å². The second kappa shape index (κ2) is 7.72. The molecule has 1 aromatic rings. The number of benzene rings is 1. The number of likely N-dealkylation sites (N-methyl/N-ethyl adjacent to an activating group) is 1. The molecule has 1 N–H and O–H groups in total. The number of carbonyl (C=O) groups excluding carboxylic acids is 2. The van der Waals surface area contributed by atoms with Gasteiger partial charge < -0.3 is 10.2 Å². The van der Waals surface area contributed by atoms with Crippen LogP contribution in [-0.2, 0) is 19.4 Å². The number of hydrogen-bond donors (Lipinski definition) is 1. The largest absolute Gasteiger partial charge is 0.333 e. The summed E-state index contributed by atoms with van der Waals surface area (Å²) in [7, 11) is -3.15. The van der Waals surface area contributed by atoms with Crippen molar-refractivity contribution >= 4 is 50.5 Å². The Hall–Kier alpha value is -1.31. The summed E-state index contributed by atoms with van der Waals surface area (Å²) in [6.07, 6.45) is 0.301. The van der Waals surface area contributed by atoms with E-state index < -0.39 is 21.7 Å². The highest BCUT2D eigenvalue weighted by atomic mass is 35.5. The molecule has 1 atom stereocenters. The van der Waals surface area contributed by atoms with Gasteiger partial charge in [-0.3, -0.25) is 9.59 Å². The molecule has 1 aliphatic heterocycles. The number of para-hydroxylation sites is 1. The first-order valence-corrected chi connectivity index (χ1v) is 10.0. The van der Waals surface area contributed by atoms with Crippen LogP contribution < -0.4 is 5.32 Å². The molecule has 24 heavy (non-hydrogen) atoms. The first-order chi connectivity index (χ1) is 11.2. The average Bonchev–Trinajstić information content (AvgIpc) is 2.88. The van der Waals surface area contributed by atoms with E-state index in [0.717, 1.165) is 0 Å². The fourth-order valence-electron chi connectivity index (χ4n) is 2.56. The molecule has 1 unspecified atom stereocenters. The summed E-state index contributed by atoms with van der Waals surface area (Å²) < 4.78 is 23.0. The number of hydrogen-bond acceptors (Lipinski definition) is 4. The van der Waals surface area contributed by atoms with Crippen molar-refractivity contribution < 1.29 is 18.0 Å². The Morgan fingerprint density at radius 2 is 1.92 bits per heavy atom. The highest BCUT2D eigenvalue weighted by Gasteiger charge is 2.35. The van der Waals surface area contributed by atoms with E-state index >= 15 is 0 Å². The quantitative estimate of drug-likeness (QED) is 0.832. The third-order valence-corrected chi connectivity index (χ3v) is 6.23. The SMILES string of the molecule is CCN(CC(=O)Nc1c(Cl)cccc1Cl)C(=O)C1CCS(=O)(=O)C1. The van der Waals surface area contributed by atoms with E-state index in [0.29, 0.717) is 23.0 Å². The van der Waals surface area contributed by atoms with Crippen LogP contribution in [0.25, 0.3) is 0 Å². The molecular formula is C15H18Cl2N2O4S. The predicted octanol–water partition coefficient (Wildman–Crippen LogP) is 2.22. The maximum Gasteiger partial charge on any atom is 0.244 e. The van der Waals surface area contributed by atoms with E-state index in [9.17, 15) is 18.0 Å². The number of nitrogens with one attached hydrogen (secondary N) is 1. The lowest BCUT2D eigenvalue weighted by Gasteiger charge is -2.23. The molecule has 1 heterocycles. The molecule has 0 aromatic heterocycles. The molecule has 0 saturated carbocycles. The van der Waals surface area contributed by atoms with Gasteiger partial charge in [-0.05, 0) is 25.5 Å². The van der Waals surface area contributed by atoms with Gasteiger partial charge >= 0.3 is 0 Å². The number of nitrogens with zero attached hydrogens (tertiary/aromatic N) is 1. The van der Waals surface area contributed by atoms with Gasteiger partial charge in [0.15, 0.2) is 9.84 Å². The van der Waals surface area contributed by atoms with Gasteiger partial charge in [0.05, 0.1) is 39.7 Å². The van der Waals surface area contributed by atoms with Crippen LogP contribution in [-0.4, -0.2) is 49.7 Å². The van der Waals surface area contributed by atoms with E-state index in [1.54, 1.807) is 25.1 Å². The smallest absolute Gasteiger partial charge is 0.244 e. The molecule has 1 aliphatic rings. The van der Waals surface area contributed by atoms with Crippen LogP contribution in [0.5, 0.6) is 0 Å². The Balaban J connectivity index is 2.02. The van der Waals surface area contributed by atoms with Gasteiger partial charge in [0.1, 0.15) is 0 Å². The molecule has 1 fully saturated rings. The molecular weight excluding hydrogens is 375 g/mol. The lowest BCUT2D eigenvalue weighted by atomic mass is 10.1. The van der Waals surface area contributed by atoms with Crippen molar-refractivity contribution in [3.05, 3.63) is 28.2 Å². The minimum Gasteiger partial charge on any atom is -0.333 e. The van der Waals surface area contributed by atoms with E-state index in [1.807, 2.05) is 0 Å². The molecule has 0 bridgehead atoms. The van der Waals surface area contributed by atoms with Crippen LogP contribution in [0.15, 0.2) is 18.2 Å². The van der Waals surface area contributed by atoms with Crippen molar-refractivity contribution in [1.82, 2.24) is 4.90 Å². The minimum absolute atomic E-state index is 0.0163. The van der Waals surface area contributed by atoms with Crippen molar-refractivity contribution in [2.75, 3.05) is 29.9 Å². The number of halogens is 2. The third kappa shape index (κ3) is 4.62. The Morgan fingerprint density at radius 3 is 2.42 bits per heavy atom. The maximum absolute atomic E-state index is 12.4. The van der Waals surface area contributed by atoms with Gasteiger partial charge in [0.25, 0.3) is 0 Å². The summed E-state index contributed by atoms with van der Waals surface area (Å²) >= 11 is 12.0. The Labute approximate surface area is 151 Å². The second-order valence-corrected chi connectivity index (χ2v) is 8.64. The highest BCUT2D eigenvalue weighted by Crippen LogP contribution is 2.29. The zero-order chi connectivity index (χ0) is 17.9. The van der Waals surface area contributed by atoms with E-state index in [4.69, 9.17) is 23.2 Å². The summed E-state index contributed by atoms with van der Waals surface area (Å²) in [6, 6.07) is 4.84. The number of sulfone groups is 1. The van der Waals surface area contributed by atoms with Crippen molar-refractivity contribution in [3.8, 4) is 0 Å². The second-order valence-electron chi connectivity index (χ2n) is 5.60. The van der Waals surface area contributed by atoms with Crippen molar-refractivity contribution in [1.29, 1.82) is 0 Å². The predicted molar refractivity (Wildman–Crippen MR) is 94.1 cm³/mol. The topological polar surface area (TPSA) is 83.6 Å². The van der Waals surface area contributed by atoms with E-state index in [-0.39, 0.29) is 29.6 Å². The van der Waals surface area contributed by atoms with E-state index in [2.05, 4.69) is 5.32 Å². The lowest BCUT2D eigenvalue weighted by Crippen LogP contribution is -2.41. The Kier molecular flexibility index (Phi) is 6.11. The summed E-state index contributed by atoms with van der Waals surface area (Å²) in [5.74, 6) is -1.48. The monoisotopic (exact) mass is 392 g/mol. The molecule has 1 saturated heterocycles. The normalized spacial score (nSPS) is 19.0. The molecule has 0 radical (unpaired) electrons. The summed E-state index contributed by atoms with van der Waals surface area (Å²) in [4.78, 5) is 25.9. The Bertz CT molecular complexity index is 732. The van der Waals surface area contributed by atoms with Crippen LogP contribution in [0.4, 0.5) is 5.69 Å². The molecule has 1 aromatic carbocycles. The highest BCUT2D eigenvalue weighted by molar-refractivity contribution is 7.91.